The van der Waals surface area contributed by atoms with Crippen molar-refractivity contribution < 1.29 is 28.9 Å². The van der Waals surface area contributed by atoms with E-state index in [1.54, 1.807) is 0 Å². The molecule has 15 heavy (non-hydrogen) atoms. The summed E-state index contributed by atoms with van der Waals surface area (Å²) in [6.07, 6.45) is 3.96. The summed E-state index contributed by atoms with van der Waals surface area (Å²) in [6.45, 7) is 6.34. The second kappa shape index (κ2) is 9.56. The van der Waals surface area contributed by atoms with Crippen molar-refractivity contribution in [3.8, 4) is 0 Å². The second-order valence-corrected chi connectivity index (χ2v) is 8.63. The van der Waals surface area contributed by atoms with Gasteiger partial charge in [0, 0.05) is 0 Å². The summed E-state index contributed by atoms with van der Waals surface area (Å²) in [5.41, 5.74) is -3.15. The van der Waals surface area contributed by atoms with Crippen LogP contribution in [0.4, 0.5) is 0 Å². The van der Waals surface area contributed by atoms with Crippen LogP contribution in [0.3, 0.4) is 0 Å². The largest absolute Gasteiger partial charge is 2.00 e. The van der Waals surface area contributed by atoms with Gasteiger partial charge in [-0.15, -0.1) is 17.5 Å². The molecule has 86 valence electrons. The Balaban J connectivity index is 0. The van der Waals surface area contributed by atoms with E-state index in [9.17, 15) is 4.89 Å². The number of hydrogen-bond donors (Lipinski definition) is 0. The van der Waals surface area contributed by atoms with E-state index in [1.807, 2.05) is 0 Å². The predicted octanol–water partition coefficient (Wildman–Crippen LogP) is 2.74. The zero-order valence-corrected chi connectivity index (χ0v) is 15.3. The number of hydrogen-bond acceptors (Lipinski definition) is 4. The van der Waals surface area contributed by atoms with E-state index in [0.29, 0.717) is 5.92 Å². The van der Waals surface area contributed by atoms with Gasteiger partial charge in [-0.05, 0) is 18.8 Å². The van der Waals surface area contributed by atoms with E-state index < -0.39 is 5.69 Å². The van der Waals surface area contributed by atoms with Gasteiger partial charge >= 0.3 is 19.5 Å². The van der Waals surface area contributed by atoms with Crippen molar-refractivity contribution in [2.24, 2.45) is 5.92 Å². The summed E-state index contributed by atoms with van der Waals surface area (Å²) in [6, 6.07) is 0. The van der Waals surface area contributed by atoms with Crippen LogP contribution in [0.25, 0.3) is 0 Å². The van der Waals surface area contributed by atoms with E-state index in [0.717, 1.165) is 25.7 Å². The fraction of sp³-hybridized carbons (Fsp3) is 1.00. The normalized spacial score (nSPS) is 16.9. The summed E-state index contributed by atoms with van der Waals surface area (Å²) in [4.78, 5) is 11.2. The molecule has 0 saturated carbocycles. The van der Waals surface area contributed by atoms with E-state index in [2.05, 4.69) is 44.8 Å². The van der Waals surface area contributed by atoms with Crippen molar-refractivity contribution >= 4 is 29.7 Å². The Bertz CT molecular complexity index is 197. The minimum Gasteiger partial charge on any atom is -0.819 e. The van der Waals surface area contributed by atoms with Gasteiger partial charge in [-0.25, -0.2) is 0 Å². The Morgan fingerprint density at radius 1 is 1.47 bits per heavy atom. The number of rotatable bonds is 7. The molecule has 0 aromatic rings. The molecule has 0 heterocycles. The van der Waals surface area contributed by atoms with Gasteiger partial charge in [0.15, 0.2) is 0 Å². The molecule has 0 radical (unpaired) electrons. The van der Waals surface area contributed by atoms with Crippen LogP contribution < -0.4 is 4.89 Å². The van der Waals surface area contributed by atoms with Crippen molar-refractivity contribution in [3.63, 3.8) is 0 Å². The minimum atomic E-state index is -3.15. The molecule has 6 heteroatoms. The maximum absolute atomic E-state index is 11.2. The topological polar surface area (TPSA) is 32.3 Å². The van der Waals surface area contributed by atoms with Gasteiger partial charge in [-0.3, -0.25) is 0 Å². The maximum Gasteiger partial charge on any atom is 2.00 e. The van der Waals surface area contributed by atoms with Crippen LogP contribution in [0.2, 0.25) is 0 Å². The Morgan fingerprint density at radius 2 is 2.00 bits per heavy atom. The molecule has 2 nitrogen and oxygen atoms in total. The maximum atomic E-state index is 11.2. The van der Waals surface area contributed by atoms with Crippen LogP contribution in [-0.4, -0.2) is 6.10 Å². The monoisotopic (exact) mass is 318 g/mol. The van der Waals surface area contributed by atoms with Gasteiger partial charge in [0.2, 0.25) is 0 Å². The third-order valence-electron chi connectivity index (χ3n) is 1.89. The van der Waals surface area contributed by atoms with E-state index in [-0.39, 0.29) is 25.6 Å². The zero-order chi connectivity index (χ0) is 11.2. The Hall–Kier alpha value is 1.54. The van der Waals surface area contributed by atoms with Crippen LogP contribution in [0, 0.1) is 5.92 Å². The molecule has 0 aliphatic heterocycles. The molecular weight excluding hydrogens is 301 g/mol. The standard InChI is InChI=1S/C9H21O2PS2.Zn/c1-4-5-6-9(7-8(2)3)11-12(10,13)14;/h8-9H,4-7H2,1-3H3,(H2,10,13,14);/q;+2/p-2. The van der Waals surface area contributed by atoms with Crippen LogP contribution in [-0.2, 0) is 48.1 Å². The van der Waals surface area contributed by atoms with Gasteiger partial charge in [0.25, 0.3) is 0 Å². The first-order valence-electron chi connectivity index (χ1n) is 5.05. The Labute approximate surface area is 117 Å². The third-order valence-corrected chi connectivity index (χ3v) is 2.96. The molecule has 0 spiro atoms. The molecule has 0 aromatic heterocycles. The van der Waals surface area contributed by atoms with Gasteiger partial charge < -0.3 is 21.7 Å². The average molecular weight is 320 g/mol. The van der Waals surface area contributed by atoms with Crippen LogP contribution in [0.5, 0.6) is 0 Å². The first-order chi connectivity index (χ1) is 6.35. The summed E-state index contributed by atoms with van der Waals surface area (Å²) in [5.74, 6) is 0.522. The van der Waals surface area contributed by atoms with Crippen LogP contribution in [0.1, 0.15) is 46.5 Å². The van der Waals surface area contributed by atoms with Gasteiger partial charge in [0.1, 0.15) is 0 Å². The SMILES string of the molecule is CCCCC(CC(C)C)OP([O-])(=S)[S-].[Zn+2]. The second-order valence-electron chi connectivity index (χ2n) is 3.95. The summed E-state index contributed by atoms with van der Waals surface area (Å²) in [7, 11) is 0. The molecule has 0 aliphatic carbocycles. The molecule has 2 atom stereocenters. The quantitative estimate of drug-likeness (QED) is 0.410. The fourth-order valence-corrected chi connectivity index (χ4v) is 2.64. The van der Waals surface area contributed by atoms with Crippen molar-refractivity contribution in [3.05, 3.63) is 0 Å². The minimum absolute atomic E-state index is 0. The Morgan fingerprint density at radius 3 is 2.33 bits per heavy atom. The van der Waals surface area contributed by atoms with Crippen molar-refractivity contribution in [1.82, 2.24) is 0 Å². The molecule has 0 aliphatic rings. The molecule has 0 amide bonds. The van der Waals surface area contributed by atoms with Crippen molar-refractivity contribution in [2.75, 3.05) is 0 Å². The van der Waals surface area contributed by atoms with Crippen LogP contribution >= 0.6 is 5.69 Å². The molecule has 2 unspecified atom stereocenters. The molecule has 0 N–H and O–H groups in total. The molecule has 0 rings (SSSR count). The predicted molar refractivity (Wildman–Crippen MR) is 65.5 cm³/mol. The fourth-order valence-electron chi connectivity index (χ4n) is 1.35. The first-order valence-corrected chi connectivity index (χ1v) is 8.70. The van der Waals surface area contributed by atoms with Gasteiger partial charge in [0.05, 0.1) is 6.10 Å². The molecule has 0 bridgehead atoms. The van der Waals surface area contributed by atoms with Crippen molar-refractivity contribution in [2.45, 2.75) is 52.6 Å². The smallest absolute Gasteiger partial charge is 0.819 e. The number of unbranched alkanes of at least 4 members (excludes halogenated alkanes) is 1. The van der Waals surface area contributed by atoms with E-state index >= 15 is 0 Å². The Kier molecular flexibility index (Phi) is 12.0. The molecule has 0 saturated heterocycles. The summed E-state index contributed by atoms with van der Waals surface area (Å²) < 4.78 is 5.24. The molecular formula is C9H19O2PS2Zn. The van der Waals surface area contributed by atoms with Gasteiger partial charge in [-0.1, -0.05) is 33.6 Å². The first kappa shape index (κ1) is 18.9. The van der Waals surface area contributed by atoms with Crippen molar-refractivity contribution in [1.29, 1.82) is 0 Å². The average Bonchev–Trinajstić information content (AvgIpc) is 1.96. The summed E-state index contributed by atoms with van der Waals surface area (Å²) in [5, 5.41) is 0. The summed E-state index contributed by atoms with van der Waals surface area (Å²) >= 11 is 9.23. The third kappa shape index (κ3) is 13.5. The van der Waals surface area contributed by atoms with E-state index in [4.69, 9.17) is 4.52 Å². The molecule has 0 aromatic carbocycles. The zero-order valence-electron chi connectivity index (χ0n) is 9.77. The van der Waals surface area contributed by atoms with Gasteiger partial charge in [-0.2, -0.15) is 0 Å². The van der Waals surface area contributed by atoms with Crippen LogP contribution in [0.15, 0.2) is 0 Å². The van der Waals surface area contributed by atoms with E-state index in [1.165, 1.54) is 0 Å². The molecule has 0 fully saturated rings.